The van der Waals surface area contributed by atoms with E-state index in [1.54, 1.807) is 0 Å². The minimum Gasteiger partial charge on any atom is -0.455 e. The van der Waals surface area contributed by atoms with E-state index in [0.717, 1.165) is 49.7 Å². The van der Waals surface area contributed by atoms with Crippen LogP contribution in [0.4, 0.5) is 0 Å². The Balaban J connectivity index is 1.62. The van der Waals surface area contributed by atoms with Gasteiger partial charge in [0, 0.05) is 16.5 Å². The van der Waals surface area contributed by atoms with Gasteiger partial charge in [-0.25, -0.2) is 0 Å². The number of fused-ring (bicyclic) bond motifs is 3. The summed E-state index contributed by atoms with van der Waals surface area (Å²) >= 11 is 0. The van der Waals surface area contributed by atoms with E-state index in [2.05, 4.69) is 94.4 Å². The predicted octanol–water partition coefficient (Wildman–Crippen LogP) is 7.22. The third-order valence-corrected chi connectivity index (χ3v) is 7.32. The van der Waals surface area contributed by atoms with Crippen LogP contribution in [0.1, 0.15) is 27.7 Å². The second-order valence-corrected chi connectivity index (χ2v) is 10.0. The van der Waals surface area contributed by atoms with Crippen LogP contribution in [0.5, 0.6) is 0 Å². The molecular formula is C30H27BO3. The molecule has 1 aliphatic rings. The number of hydrogen-bond donors (Lipinski definition) is 0. The summed E-state index contributed by atoms with van der Waals surface area (Å²) in [5.41, 5.74) is 4.42. The van der Waals surface area contributed by atoms with Crippen molar-refractivity contribution in [1.29, 1.82) is 0 Å². The predicted molar refractivity (Wildman–Crippen MR) is 140 cm³/mol. The van der Waals surface area contributed by atoms with Crippen molar-refractivity contribution >= 4 is 34.3 Å². The van der Waals surface area contributed by atoms with Gasteiger partial charge in [0.25, 0.3) is 0 Å². The molecule has 0 atom stereocenters. The van der Waals surface area contributed by atoms with Crippen LogP contribution in [0.15, 0.2) is 95.4 Å². The van der Waals surface area contributed by atoms with Gasteiger partial charge in [-0.1, -0.05) is 84.9 Å². The van der Waals surface area contributed by atoms with Crippen LogP contribution in [0, 0.1) is 0 Å². The van der Waals surface area contributed by atoms with Gasteiger partial charge >= 0.3 is 7.12 Å². The summed E-state index contributed by atoms with van der Waals surface area (Å²) in [5, 5.41) is 3.40. The maximum atomic E-state index is 6.52. The second kappa shape index (κ2) is 7.59. The molecule has 34 heavy (non-hydrogen) atoms. The zero-order valence-corrected chi connectivity index (χ0v) is 20.0. The number of benzene rings is 4. The SMILES string of the molecule is CC1(C)OB(c2ccc3ccc4oc(-c5ccccc5)c(-c5ccccc5)c4c3c2)OC1(C)C. The Morgan fingerprint density at radius 3 is 1.88 bits per heavy atom. The van der Waals surface area contributed by atoms with Crippen molar-refractivity contribution in [3.63, 3.8) is 0 Å². The van der Waals surface area contributed by atoms with Gasteiger partial charge < -0.3 is 13.7 Å². The highest BCUT2D eigenvalue weighted by Crippen LogP contribution is 2.44. The molecule has 168 valence electrons. The molecule has 2 heterocycles. The van der Waals surface area contributed by atoms with Gasteiger partial charge in [-0.15, -0.1) is 0 Å². The molecule has 0 amide bonds. The first-order valence-corrected chi connectivity index (χ1v) is 11.8. The summed E-state index contributed by atoms with van der Waals surface area (Å²) in [6, 6.07) is 31.5. The Labute approximate surface area is 200 Å². The number of rotatable bonds is 3. The molecule has 0 aliphatic carbocycles. The van der Waals surface area contributed by atoms with Crippen LogP contribution >= 0.6 is 0 Å². The Hall–Kier alpha value is -3.34. The minimum absolute atomic E-state index is 0.385. The summed E-state index contributed by atoms with van der Waals surface area (Å²) in [7, 11) is -0.412. The lowest BCUT2D eigenvalue weighted by atomic mass is 9.78. The van der Waals surface area contributed by atoms with Crippen molar-refractivity contribution in [2.45, 2.75) is 38.9 Å². The van der Waals surface area contributed by atoms with Crippen LogP contribution in [-0.4, -0.2) is 18.3 Å². The van der Waals surface area contributed by atoms with E-state index in [0.29, 0.717) is 0 Å². The van der Waals surface area contributed by atoms with Crippen LogP contribution in [0.2, 0.25) is 0 Å². The van der Waals surface area contributed by atoms with E-state index in [1.165, 1.54) is 0 Å². The fourth-order valence-electron chi connectivity index (χ4n) is 4.73. The number of hydrogen-bond acceptors (Lipinski definition) is 3. The first-order valence-electron chi connectivity index (χ1n) is 11.8. The van der Waals surface area contributed by atoms with Gasteiger partial charge in [-0.05, 0) is 55.6 Å². The van der Waals surface area contributed by atoms with Crippen LogP contribution in [0.25, 0.3) is 44.2 Å². The lowest BCUT2D eigenvalue weighted by Gasteiger charge is -2.32. The highest BCUT2D eigenvalue weighted by molar-refractivity contribution is 6.62. The van der Waals surface area contributed by atoms with E-state index in [9.17, 15) is 0 Å². The van der Waals surface area contributed by atoms with Crippen molar-refractivity contribution in [3.8, 4) is 22.5 Å². The Morgan fingerprint density at radius 1 is 0.647 bits per heavy atom. The normalized spacial score (nSPS) is 17.0. The molecule has 0 bridgehead atoms. The number of furan rings is 1. The van der Waals surface area contributed by atoms with Gasteiger partial charge in [0.15, 0.2) is 0 Å². The highest BCUT2D eigenvalue weighted by Gasteiger charge is 2.51. The van der Waals surface area contributed by atoms with Gasteiger partial charge in [0.05, 0.1) is 11.2 Å². The maximum absolute atomic E-state index is 6.52. The first kappa shape index (κ1) is 21.2. The summed E-state index contributed by atoms with van der Waals surface area (Å²) in [5.74, 6) is 0.885. The van der Waals surface area contributed by atoms with Gasteiger partial charge in [0.2, 0.25) is 0 Å². The molecule has 0 N–H and O–H groups in total. The van der Waals surface area contributed by atoms with E-state index < -0.39 is 7.12 Å². The fraction of sp³-hybridized carbons (Fsp3) is 0.200. The third-order valence-electron chi connectivity index (χ3n) is 7.32. The molecule has 1 fully saturated rings. The largest absolute Gasteiger partial charge is 0.494 e. The van der Waals surface area contributed by atoms with Gasteiger partial charge in [0.1, 0.15) is 11.3 Å². The molecule has 0 radical (unpaired) electrons. The van der Waals surface area contributed by atoms with Crippen molar-refractivity contribution in [2.24, 2.45) is 0 Å². The van der Waals surface area contributed by atoms with Crippen molar-refractivity contribution < 1.29 is 13.7 Å². The van der Waals surface area contributed by atoms with E-state index >= 15 is 0 Å². The molecule has 3 nitrogen and oxygen atoms in total. The topological polar surface area (TPSA) is 31.6 Å². The fourth-order valence-corrected chi connectivity index (χ4v) is 4.73. The molecule has 5 aromatic rings. The molecule has 1 saturated heterocycles. The molecule has 0 saturated carbocycles. The Bertz CT molecular complexity index is 1480. The molecule has 0 spiro atoms. The molecular weight excluding hydrogens is 419 g/mol. The molecule has 4 heteroatoms. The van der Waals surface area contributed by atoms with Crippen molar-refractivity contribution in [2.75, 3.05) is 0 Å². The maximum Gasteiger partial charge on any atom is 0.494 e. The van der Waals surface area contributed by atoms with Gasteiger partial charge in [-0.3, -0.25) is 0 Å². The Morgan fingerprint density at radius 2 is 1.24 bits per heavy atom. The van der Waals surface area contributed by atoms with E-state index in [-0.39, 0.29) is 11.2 Å². The molecule has 6 rings (SSSR count). The van der Waals surface area contributed by atoms with Crippen LogP contribution < -0.4 is 5.46 Å². The van der Waals surface area contributed by atoms with Gasteiger partial charge in [-0.2, -0.15) is 0 Å². The lowest BCUT2D eigenvalue weighted by Crippen LogP contribution is -2.41. The Kier molecular flexibility index (Phi) is 4.74. The third kappa shape index (κ3) is 3.29. The van der Waals surface area contributed by atoms with Crippen molar-refractivity contribution in [1.82, 2.24) is 0 Å². The summed E-state index contributed by atoms with van der Waals surface area (Å²) < 4.78 is 19.2. The summed E-state index contributed by atoms with van der Waals surface area (Å²) in [6.07, 6.45) is 0. The van der Waals surface area contributed by atoms with Crippen molar-refractivity contribution in [3.05, 3.63) is 91.0 Å². The smallest absolute Gasteiger partial charge is 0.455 e. The molecule has 4 aromatic carbocycles. The second-order valence-electron chi connectivity index (χ2n) is 10.0. The standard InChI is InChI=1S/C30H27BO3/c1-29(2)30(3,4)34-31(33-29)23-17-15-20-16-18-25-27(24(20)19-23)26(21-11-7-5-8-12-21)28(32-25)22-13-9-6-10-14-22/h5-19H,1-4H3. The zero-order valence-electron chi connectivity index (χ0n) is 20.0. The van der Waals surface area contributed by atoms with Crippen LogP contribution in [-0.2, 0) is 9.31 Å². The molecule has 0 unspecified atom stereocenters. The monoisotopic (exact) mass is 446 g/mol. The highest BCUT2D eigenvalue weighted by atomic mass is 16.7. The minimum atomic E-state index is -0.412. The lowest BCUT2D eigenvalue weighted by molar-refractivity contribution is 0.00578. The average Bonchev–Trinajstić information content (AvgIpc) is 3.34. The van der Waals surface area contributed by atoms with Crippen LogP contribution in [0.3, 0.4) is 0 Å². The molecule has 1 aromatic heterocycles. The average molecular weight is 446 g/mol. The molecule has 1 aliphatic heterocycles. The summed E-state index contributed by atoms with van der Waals surface area (Å²) in [4.78, 5) is 0. The first-order chi connectivity index (χ1) is 16.3. The zero-order chi connectivity index (χ0) is 23.5. The summed E-state index contributed by atoms with van der Waals surface area (Å²) in [6.45, 7) is 8.34. The van der Waals surface area contributed by atoms with E-state index in [4.69, 9.17) is 13.7 Å². The van der Waals surface area contributed by atoms with E-state index in [1.807, 2.05) is 24.3 Å². The quantitative estimate of drug-likeness (QED) is 0.274.